The zero-order valence-corrected chi connectivity index (χ0v) is 8.67. The van der Waals surface area contributed by atoms with Crippen molar-refractivity contribution in [1.29, 1.82) is 0 Å². The molecule has 0 aliphatic rings. The molecule has 2 rings (SSSR count). The highest BCUT2D eigenvalue weighted by atomic mass is 16.5. The van der Waals surface area contributed by atoms with E-state index in [9.17, 15) is 4.79 Å². The predicted molar refractivity (Wildman–Crippen MR) is 55.6 cm³/mol. The quantitative estimate of drug-likeness (QED) is 0.778. The molecule has 0 aliphatic heterocycles. The van der Waals surface area contributed by atoms with Gasteiger partial charge in [-0.3, -0.25) is 0 Å². The summed E-state index contributed by atoms with van der Waals surface area (Å²) in [6.45, 7) is 2.09. The Bertz CT molecular complexity index is 481. The summed E-state index contributed by atoms with van der Waals surface area (Å²) in [6, 6.07) is 1.75. The van der Waals surface area contributed by atoms with E-state index >= 15 is 0 Å². The van der Waals surface area contributed by atoms with Crippen LogP contribution in [0.2, 0.25) is 0 Å². The van der Waals surface area contributed by atoms with E-state index in [0.717, 1.165) is 5.56 Å². The second-order valence-corrected chi connectivity index (χ2v) is 3.00. The van der Waals surface area contributed by atoms with Gasteiger partial charge in [0.25, 0.3) is 0 Å². The van der Waals surface area contributed by atoms with Crippen LogP contribution in [0.3, 0.4) is 0 Å². The van der Waals surface area contributed by atoms with E-state index in [0.29, 0.717) is 18.1 Å². The first-order valence-corrected chi connectivity index (χ1v) is 4.80. The SMILES string of the molecule is CCOC(=O)c1cnc(-c2ccnnc2)[nH]1. The summed E-state index contributed by atoms with van der Waals surface area (Å²) in [7, 11) is 0. The van der Waals surface area contributed by atoms with E-state index in [2.05, 4.69) is 20.2 Å². The Morgan fingerprint density at radius 3 is 3.00 bits per heavy atom. The summed E-state index contributed by atoms with van der Waals surface area (Å²) in [6.07, 6.45) is 4.56. The smallest absolute Gasteiger partial charge is 0.356 e. The lowest BCUT2D eigenvalue weighted by Crippen LogP contribution is -2.04. The zero-order valence-electron chi connectivity index (χ0n) is 8.67. The predicted octanol–water partition coefficient (Wildman–Crippen LogP) is 1.04. The number of aromatic amines is 1. The van der Waals surface area contributed by atoms with E-state index in [4.69, 9.17) is 4.74 Å². The molecule has 1 N–H and O–H groups in total. The molecule has 0 aliphatic carbocycles. The number of hydrogen-bond acceptors (Lipinski definition) is 5. The largest absolute Gasteiger partial charge is 0.461 e. The van der Waals surface area contributed by atoms with Gasteiger partial charge in [0, 0.05) is 5.56 Å². The molecule has 2 heterocycles. The van der Waals surface area contributed by atoms with Crippen molar-refractivity contribution in [3.63, 3.8) is 0 Å². The molecule has 0 fully saturated rings. The maximum absolute atomic E-state index is 11.4. The number of esters is 1. The van der Waals surface area contributed by atoms with Gasteiger partial charge in [0.2, 0.25) is 0 Å². The standard InChI is InChI=1S/C10H10N4O2/c1-2-16-10(15)8-6-11-9(14-8)7-3-4-12-13-5-7/h3-6H,2H2,1H3,(H,11,14). The van der Waals surface area contributed by atoms with Crippen molar-refractivity contribution in [2.45, 2.75) is 6.92 Å². The van der Waals surface area contributed by atoms with Gasteiger partial charge in [-0.2, -0.15) is 10.2 Å². The molecule has 6 heteroatoms. The number of aromatic nitrogens is 4. The summed E-state index contributed by atoms with van der Waals surface area (Å²) in [5, 5.41) is 7.38. The number of rotatable bonds is 3. The molecule has 2 aromatic heterocycles. The molecule has 0 aromatic carbocycles. The highest BCUT2D eigenvalue weighted by Gasteiger charge is 2.11. The number of carbonyl (C=O) groups excluding carboxylic acids is 1. The summed E-state index contributed by atoms with van der Waals surface area (Å²) in [5.41, 5.74) is 1.10. The number of nitrogens with zero attached hydrogens (tertiary/aromatic N) is 3. The van der Waals surface area contributed by atoms with Gasteiger partial charge in [0.05, 0.1) is 25.2 Å². The lowest BCUT2D eigenvalue weighted by atomic mass is 10.3. The lowest BCUT2D eigenvalue weighted by molar-refractivity contribution is 0.0520. The Morgan fingerprint density at radius 2 is 2.31 bits per heavy atom. The molecule has 82 valence electrons. The highest BCUT2D eigenvalue weighted by Crippen LogP contribution is 2.13. The average Bonchev–Trinajstić information content (AvgIpc) is 2.80. The van der Waals surface area contributed by atoms with Gasteiger partial charge in [0.15, 0.2) is 0 Å². The molecule has 0 saturated carbocycles. The molecule has 0 radical (unpaired) electrons. The molecular weight excluding hydrogens is 208 g/mol. The molecule has 0 atom stereocenters. The first-order valence-electron chi connectivity index (χ1n) is 4.80. The summed E-state index contributed by atoms with van der Waals surface area (Å²) in [5.74, 6) is 0.154. The number of hydrogen-bond donors (Lipinski definition) is 1. The number of H-pyrrole nitrogens is 1. The zero-order chi connectivity index (χ0) is 11.4. The number of carbonyl (C=O) groups is 1. The molecule has 0 bridgehead atoms. The maximum atomic E-state index is 11.4. The van der Waals surface area contributed by atoms with Crippen LogP contribution in [-0.4, -0.2) is 32.7 Å². The third-order valence-corrected chi connectivity index (χ3v) is 1.93. The molecule has 6 nitrogen and oxygen atoms in total. The topological polar surface area (TPSA) is 80.8 Å². The van der Waals surface area contributed by atoms with Crippen molar-refractivity contribution in [2.75, 3.05) is 6.61 Å². The Labute approximate surface area is 91.7 Å². The summed E-state index contributed by atoms with van der Waals surface area (Å²) in [4.78, 5) is 18.3. The van der Waals surface area contributed by atoms with E-state index in [1.54, 1.807) is 25.4 Å². The van der Waals surface area contributed by atoms with Crippen LogP contribution < -0.4 is 0 Å². The lowest BCUT2D eigenvalue weighted by Gasteiger charge is -1.97. The van der Waals surface area contributed by atoms with Gasteiger partial charge >= 0.3 is 5.97 Å². The van der Waals surface area contributed by atoms with Crippen LogP contribution in [-0.2, 0) is 4.74 Å². The minimum Gasteiger partial charge on any atom is -0.461 e. The Morgan fingerprint density at radius 1 is 1.44 bits per heavy atom. The summed E-state index contributed by atoms with van der Waals surface area (Å²) >= 11 is 0. The summed E-state index contributed by atoms with van der Waals surface area (Å²) < 4.78 is 4.84. The number of nitrogens with one attached hydrogen (secondary N) is 1. The fraction of sp³-hybridized carbons (Fsp3) is 0.200. The molecule has 0 spiro atoms. The van der Waals surface area contributed by atoms with Crippen molar-refractivity contribution < 1.29 is 9.53 Å². The van der Waals surface area contributed by atoms with Gasteiger partial charge in [-0.1, -0.05) is 0 Å². The van der Waals surface area contributed by atoms with Crippen molar-refractivity contribution in [2.24, 2.45) is 0 Å². The number of imidazole rings is 1. The molecule has 0 saturated heterocycles. The fourth-order valence-electron chi connectivity index (χ4n) is 1.21. The third-order valence-electron chi connectivity index (χ3n) is 1.93. The van der Waals surface area contributed by atoms with Gasteiger partial charge < -0.3 is 9.72 Å². The van der Waals surface area contributed by atoms with E-state index in [1.807, 2.05) is 0 Å². The number of ether oxygens (including phenoxy) is 1. The van der Waals surface area contributed by atoms with Crippen molar-refractivity contribution >= 4 is 5.97 Å². The monoisotopic (exact) mass is 218 g/mol. The Hall–Kier alpha value is -2.24. The molecule has 2 aromatic rings. The van der Waals surface area contributed by atoms with E-state index in [-0.39, 0.29) is 0 Å². The second-order valence-electron chi connectivity index (χ2n) is 3.00. The Kier molecular flexibility index (Phi) is 2.90. The fourth-order valence-corrected chi connectivity index (χ4v) is 1.21. The van der Waals surface area contributed by atoms with Crippen molar-refractivity contribution in [3.8, 4) is 11.4 Å². The first kappa shape index (κ1) is 10.3. The van der Waals surface area contributed by atoms with Gasteiger partial charge in [-0.15, -0.1) is 0 Å². The van der Waals surface area contributed by atoms with Crippen LogP contribution in [0.15, 0.2) is 24.7 Å². The minimum atomic E-state index is -0.414. The van der Waals surface area contributed by atoms with Crippen molar-refractivity contribution in [3.05, 3.63) is 30.4 Å². The van der Waals surface area contributed by atoms with Gasteiger partial charge in [-0.25, -0.2) is 9.78 Å². The van der Waals surface area contributed by atoms with Crippen LogP contribution in [0.1, 0.15) is 17.4 Å². The van der Waals surface area contributed by atoms with Crippen LogP contribution >= 0.6 is 0 Å². The maximum Gasteiger partial charge on any atom is 0.356 e. The average molecular weight is 218 g/mol. The van der Waals surface area contributed by atoms with Crippen LogP contribution in [0, 0.1) is 0 Å². The molecule has 16 heavy (non-hydrogen) atoms. The first-order chi connectivity index (χ1) is 7.81. The van der Waals surface area contributed by atoms with Gasteiger partial charge in [-0.05, 0) is 13.0 Å². The Balaban J connectivity index is 2.23. The second kappa shape index (κ2) is 4.52. The highest BCUT2D eigenvalue weighted by molar-refractivity contribution is 5.87. The van der Waals surface area contributed by atoms with E-state index in [1.165, 1.54) is 6.20 Å². The van der Waals surface area contributed by atoms with E-state index < -0.39 is 5.97 Å². The van der Waals surface area contributed by atoms with Crippen LogP contribution in [0.5, 0.6) is 0 Å². The molecule has 0 unspecified atom stereocenters. The normalized spacial score (nSPS) is 10.1. The molecule has 0 amide bonds. The van der Waals surface area contributed by atoms with Crippen LogP contribution in [0.4, 0.5) is 0 Å². The van der Waals surface area contributed by atoms with Gasteiger partial charge in [0.1, 0.15) is 11.5 Å². The van der Waals surface area contributed by atoms with Crippen LogP contribution in [0.25, 0.3) is 11.4 Å². The minimum absolute atomic E-state index is 0.327. The molecular formula is C10H10N4O2. The van der Waals surface area contributed by atoms with Crippen molar-refractivity contribution in [1.82, 2.24) is 20.2 Å². The third kappa shape index (κ3) is 2.05.